The Hall–Kier alpha value is -3.02. The summed E-state index contributed by atoms with van der Waals surface area (Å²) in [6.45, 7) is 2.91. The van der Waals surface area contributed by atoms with Gasteiger partial charge in [-0.3, -0.25) is 9.59 Å². The molecule has 2 fully saturated rings. The third kappa shape index (κ3) is 4.84. The van der Waals surface area contributed by atoms with Crippen LogP contribution in [0.2, 0.25) is 0 Å². The number of carbonyl (C=O) groups excluding carboxylic acids is 2. The maximum atomic E-state index is 13.0. The molecule has 1 atom stereocenters. The molecular formula is C25H31N3O3. The van der Waals surface area contributed by atoms with Crippen molar-refractivity contribution < 1.29 is 14.3 Å². The molecule has 0 N–H and O–H groups in total. The Morgan fingerprint density at radius 2 is 1.48 bits per heavy atom. The Balaban J connectivity index is 1.34. The van der Waals surface area contributed by atoms with Crippen LogP contribution in [0.4, 0.5) is 5.69 Å². The lowest BCUT2D eigenvalue weighted by Gasteiger charge is -2.25. The number of ether oxygens (including phenoxy) is 1. The molecule has 2 saturated heterocycles. The normalized spacial score (nSPS) is 18.3. The van der Waals surface area contributed by atoms with E-state index >= 15 is 0 Å². The first-order chi connectivity index (χ1) is 15.0. The minimum atomic E-state index is 0.0583. The van der Waals surface area contributed by atoms with Crippen LogP contribution in [0.15, 0.2) is 48.5 Å². The predicted molar refractivity (Wildman–Crippen MR) is 122 cm³/mol. The third-order valence-electron chi connectivity index (χ3n) is 6.21. The zero-order valence-electron chi connectivity index (χ0n) is 18.4. The summed E-state index contributed by atoms with van der Waals surface area (Å²) < 4.78 is 5.99. The number of nitrogens with zero attached hydrogens (tertiary/aromatic N) is 3. The van der Waals surface area contributed by atoms with Crippen molar-refractivity contribution in [1.82, 2.24) is 9.80 Å². The molecule has 0 bridgehead atoms. The maximum Gasteiger partial charge on any atom is 0.254 e. The lowest BCUT2D eigenvalue weighted by atomic mass is 10.1. The van der Waals surface area contributed by atoms with E-state index in [0.717, 1.165) is 56.8 Å². The van der Waals surface area contributed by atoms with Gasteiger partial charge in [-0.1, -0.05) is 0 Å². The second-order valence-electron chi connectivity index (χ2n) is 8.57. The Bertz CT molecular complexity index is 903. The Kier molecular flexibility index (Phi) is 6.44. The fourth-order valence-corrected chi connectivity index (χ4v) is 4.33. The summed E-state index contributed by atoms with van der Waals surface area (Å²) in [6, 6.07) is 15.2. The SMILES string of the molecule is CN(C)c1ccc(C(=O)N2CCCC2COc2ccc(C(=O)N3CCCC3)cc2)cc1. The average molecular weight is 422 g/mol. The van der Waals surface area contributed by atoms with Crippen LogP contribution in [0.3, 0.4) is 0 Å². The smallest absolute Gasteiger partial charge is 0.254 e. The van der Waals surface area contributed by atoms with Gasteiger partial charge in [0.15, 0.2) is 0 Å². The molecule has 0 spiro atoms. The van der Waals surface area contributed by atoms with Gasteiger partial charge in [0.05, 0.1) is 6.04 Å². The molecular weight excluding hydrogens is 390 g/mol. The molecule has 0 radical (unpaired) electrons. The van der Waals surface area contributed by atoms with Gasteiger partial charge < -0.3 is 19.4 Å². The van der Waals surface area contributed by atoms with Crippen molar-refractivity contribution >= 4 is 17.5 Å². The van der Waals surface area contributed by atoms with Crippen molar-refractivity contribution in [1.29, 1.82) is 0 Å². The molecule has 6 heteroatoms. The van der Waals surface area contributed by atoms with Gasteiger partial charge in [-0.15, -0.1) is 0 Å². The molecule has 2 aliphatic rings. The number of rotatable bonds is 6. The minimum Gasteiger partial charge on any atom is -0.491 e. The largest absolute Gasteiger partial charge is 0.491 e. The van der Waals surface area contributed by atoms with E-state index in [4.69, 9.17) is 4.74 Å². The first-order valence-corrected chi connectivity index (χ1v) is 11.1. The molecule has 31 heavy (non-hydrogen) atoms. The van der Waals surface area contributed by atoms with E-state index in [1.807, 2.05) is 77.3 Å². The Morgan fingerprint density at radius 1 is 0.871 bits per heavy atom. The van der Waals surface area contributed by atoms with Gasteiger partial charge in [0, 0.05) is 50.5 Å². The highest BCUT2D eigenvalue weighted by molar-refractivity contribution is 5.95. The van der Waals surface area contributed by atoms with Crippen LogP contribution >= 0.6 is 0 Å². The van der Waals surface area contributed by atoms with Crippen molar-refractivity contribution in [3.8, 4) is 5.75 Å². The number of likely N-dealkylation sites (tertiary alicyclic amines) is 2. The van der Waals surface area contributed by atoms with Crippen molar-refractivity contribution in [2.75, 3.05) is 45.2 Å². The summed E-state index contributed by atoms with van der Waals surface area (Å²) >= 11 is 0. The van der Waals surface area contributed by atoms with Crippen LogP contribution in [0.1, 0.15) is 46.4 Å². The summed E-state index contributed by atoms with van der Waals surface area (Å²) in [4.78, 5) is 31.3. The quantitative estimate of drug-likeness (QED) is 0.714. The lowest BCUT2D eigenvalue weighted by Crippen LogP contribution is -2.39. The highest BCUT2D eigenvalue weighted by atomic mass is 16.5. The van der Waals surface area contributed by atoms with E-state index in [0.29, 0.717) is 17.7 Å². The Labute approximate surface area is 184 Å². The number of hydrogen-bond donors (Lipinski definition) is 0. The first-order valence-electron chi connectivity index (χ1n) is 11.1. The lowest BCUT2D eigenvalue weighted by molar-refractivity contribution is 0.0690. The van der Waals surface area contributed by atoms with E-state index in [2.05, 4.69) is 0 Å². The molecule has 1 unspecified atom stereocenters. The number of hydrogen-bond acceptors (Lipinski definition) is 4. The molecule has 0 saturated carbocycles. The zero-order chi connectivity index (χ0) is 21.8. The molecule has 0 aromatic heterocycles. The van der Waals surface area contributed by atoms with E-state index in [9.17, 15) is 9.59 Å². The van der Waals surface area contributed by atoms with Gasteiger partial charge >= 0.3 is 0 Å². The summed E-state index contributed by atoms with van der Waals surface area (Å²) in [5.74, 6) is 0.882. The van der Waals surface area contributed by atoms with Crippen molar-refractivity contribution in [2.24, 2.45) is 0 Å². The van der Waals surface area contributed by atoms with Gasteiger partial charge in [0.1, 0.15) is 12.4 Å². The summed E-state index contributed by atoms with van der Waals surface area (Å²) in [7, 11) is 3.97. The molecule has 2 aromatic carbocycles. The molecule has 6 nitrogen and oxygen atoms in total. The van der Waals surface area contributed by atoms with Crippen molar-refractivity contribution in [3.05, 3.63) is 59.7 Å². The first kappa shape index (κ1) is 21.2. The van der Waals surface area contributed by atoms with Crippen LogP contribution in [-0.2, 0) is 0 Å². The van der Waals surface area contributed by atoms with Gasteiger partial charge in [0.2, 0.25) is 0 Å². The molecule has 2 amide bonds. The zero-order valence-corrected chi connectivity index (χ0v) is 18.4. The standard InChI is InChI=1S/C25H31N3O3/c1-26(2)21-11-7-20(8-12-21)25(30)28-17-5-6-22(28)18-31-23-13-9-19(10-14-23)24(29)27-15-3-4-16-27/h7-14,22H,3-6,15-18H2,1-2H3. The number of amides is 2. The van der Waals surface area contributed by atoms with E-state index in [1.165, 1.54) is 0 Å². The average Bonchev–Trinajstić information content (AvgIpc) is 3.49. The molecule has 2 aromatic rings. The number of benzene rings is 2. The van der Waals surface area contributed by atoms with E-state index in [-0.39, 0.29) is 17.9 Å². The van der Waals surface area contributed by atoms with Crippen molar-refractivity contribution in [2.45, 2.75) is 31.7 Å². The molecule has 164 valence electrons. The van der Waals surface area contributed by atoms with Crippen LogP contribution in [0.25, 0.3) is 0 Å². The third-order valence-corrected chi connectivity index (χ3v) is 6.21. The van der Waals surface area contributed by atoms with Crippen LogP contribution in [0, 0.1) is 0 Å². The van der Waals surface area contributed by atoms with Crippen LogP contribution in [0.5, 0.6) is 5.75 Å². The highest BCUT2D eigenvalue weighted by Crippen LogP contribution is 2.23. The maximum absolute atomic E-state index is 13.0. The second-order valence-corrected chi connectivity index (χ2v) is 8.57. The van der Waals surface area contributed by atoms with Gasteiger partial charge in [0.25, 0.3) is 11.8 Å². The topological polar surface area (TPSA) is 53.1 Å². The second kappa shape index (κ2) is 9.41. The summed E-state index contributed by atoms with van der Waals surface area (Å²) in [5.41, 5.74) is 2.49. The monoisotopic (exact) mass is 421 g/mol. The van der Waals surface area contributed by atoms with Crippen LogP contribution < -0.4 is 9.64 Å². The van der Waals surface area contributed by atoms with E-state index in [1.54, 1.807) is 0 Å². The number of carbonyl (C=O) groups is 2. The predicted octanol–water partition coefficient (Wildman–Crippen LogP) is 3.67. The highest BCUT2D eigenvalue weighted by Gasteiger charge is 2.30. The van der Waals surface area contributed by atoms with Gasteiger partial charge in [-0.05, 0) is 74.2 Å². The van der Waals surface area contributed by atoms with Gasteiger partial charge in [-0.2, -0.15) is 0 Å². The summed E-state index contributed by atoms with van der Waals surface area (Å²) in [5, 5.41) is 0. The van der Waals surface area contributed by atoms with Gasteiger partial charge in [-0.25, -0.2) is 0 Å². The van der Waals surface area contributed by atoms with Crippen LogP contribution in [-0.4, -0.2) is 68.0 Å². The fourth-order valence-electron chi connectivity index (χ4n) is 4.33. The Morgan fingerprint density at radius 3 is 2.13 bits per heavy atom. The molecule has 2 aliphatic heterocycles. The minimum absolute atomic E-state index is 0.0583. The fraction of sp³-hybridized carbons (Fsp3) is 0.440. The number of anilines is 1. The molecule has 2 heterocycles. The molecule has 0 aliphatic carbocycles. The van der Waals surface area contributed by atoms with Crippen molar-refractivity contribution in [3.63, 3.8) is 0 Å². The summed E-state index contributed by atoms with van der Waals surface area (Å²) in [6.07, 6.45) is 4.10. The van der Waals surface area contributed by atoms with E-state index < -0.39 is 0 Å². The molecule has 4 rings (SSSR count).